The van der Waals surface area contributed by atoms with Crippen molar-refractivity contribution < 1.29 is 8.42 Å². The van der Waals surface area contributed by atoms with E-state index in [2.05, 4.69) is 14.2 Å². The van der Waals surface area contributed by atoms with Gasteiger partial charge in [0.1, 0.15) is 4.21 Å². The van der Waals surface area contributed by atoms with Crippen molar-refractivity contribution in [3.05, 3.63) is 59.2 Å². The lowest BCUT2D eigenvalue weighted by Gasteiger charge is -2.12. The highest BCUT2D eigenvalue weighted by atomic mass is 35.5. The van der Waals surface area contributed by atoms with Gasteiger partial charge in [0.15, 0.2) is 0 Å². The molecule has 2 heterocycles. The molecule has 0 atom stereocenters. The molecule has 0 aliphatic rings. The molecule has 0 amide bonds. The van der Waals surface area contributed by atoms with Gasteiger partial charge in [-0.1, -0.05) is 17.7 Å². The smallest absolute Gasteiger partial charge is 0.271 e. The molecule has 9 heteroatoms. The minimum atomic E-state index is -3.70. The fourth-order valence-corrected chi connectivity index (χ4v) is 6.35. The minimum Gasteiger partial charge on any atom is -0.346 e. The highest BCUT2D eigenvalue weighted by molar-refractivity contribution is 7.94. The fraction of sp³-hybridized carbons (Fsp3) is 0.238. The first-order valence-corrected chi connectivity index (χ1v) is 11.9. The number of aryl methyl sites for hydroxylation is 1. The van der Waals surface area contributed by atoms with Crippen molar-refractivity contribution in [2.75, 3.05) is 25.4 Å². The van der Waals surface area contributed by atoms with Crippen LogP contribution in [0.2, 0.25) is 5.02 Å². The lowest BCUT2D eigenvalue weighted by Crippen LogP contribution is -2.18. The van der Waals surface area contributed by atoms with E-state index in [-0.39, 0.29) is 12.4 Å². The number of aromatic nitrogens is 1. The van der Waals surface area contributed by atoms with Crippen LogP contribution in [0, 0.1) is 6.92 Å². The van der Waals surface area contributed by atoms with Crippen LogP contribution in [0.4, 0.5) is 5.69 Å². The molecule has 0 fully saturated rings. The van der Waals surface area contributed by atoms with Crippen LogP contribution in [0.3, 0.4) is 0 Å². The van der Waals surface area contributed by atoms with Crippen LogP contribution in [-0.4, -0.2) is 38.5 Å². The van der Waals surface area contributed by atoms with E-state index in [1.54, 1.807) is 12.1 Å². The van der Waals surface area contributed by atoms with Crippen molar-refractivity contribution in [2.45, 2.75) is 17.7 Å². The lowest BCUT2D eigenvalue weighted by molar-refractivity contribution is 0.387. The zero-order valence-electron chi connectivity index (χ0n) is 16.8. The Hall–Kier alpha value is -1.77. The maximum absolute atomic E-state index is 13.1. The van der Waals surface area contributed by atoms with Gasteiger partial charge in [0.25, 0.3) is 10.0 Å². The number of likely N-dealkylation sites (N-methyl/N-ethyl adjacent to an activating group) is 1. The van der Waals surface area contributed by atoms with Gasteiger partial charge in [0.2, 0.25) is 0 Å². The average molecular weight is 484 g/mol. The van der Waals surface area contributed by atoms with Crippen LogP contribution >= 0.6 is 35.3 Å². The third kappa shape index (κ3) is 4.45. The Kier molecular flexibility index (Phi) is 6.69. The molecule has 4 aromatic rings. The number of nitrogens with one attached hydrogen (secondary N) is 1. The van der Waals surface area contributed by atoms with Gasteiger partial charge in [0, 0.05) is 29.0 Å². The number of thiophene rings is 1. The largest absolute Gasteiger partial charge is 0.346 e. The summed E-state index contributed by atoms with van der Waals surface area (Å²) in [5.41, 5.74) is 2.28. The Balaban J connectivity index is 0.00000256. The third-order valence-corrected chi connectivity index (χ3v) is 8.42. The highest BCUT2D eigenvalue weighted by Gasteiger charge is 2.22. The first kappa shape index (κ1) is 22.9. The summed E-state index contributed by atoms with van der Waals surface area (Å²) in [5.74, 6) is 0. The summed E-state index contributed by atoms with van der Waals surface area (Å²) in [6.07, 6.45) is 2.03. The van der Waals surface area contributed by atoms with E-state index in [0.717, 1.165) is 39.6 Å². The molecule has 2 aromatic heterocycles. The van der Waals surface area contributed by atoms with Gasteiger partial charge in [0.05, 0.1) is 11.2 Å². The number of sulfonamides is 1. The van der Waals surface area contributed by atoms with E-state index in [1.165, 1.54) is 11.3 Å². The summed E-state index contributed by atoms with van der Waals surface area (Å²) < 4.78 is 32.3. The van der Waals surface area contributed by atoms with Crippen LogP contribution in [-0.2, 0) is 16.6 Å². The summed E-state index contributed by atoms with van der Waals surface area (Å²) >= 11 is 7.34. The van der Waals surface area contributed by atoms with Crippen molar-refractivity contribution >= 4 is 72.0 Å². The summed E-state index contributed by atoms with van der Waals surface area (Å²) in [6.45, 7) is 3.56. The molecule has 0 aliphatic heterocycles. The van der Waals surface area contributed by atoms with Crippen molar-refractivity contribution in [2.24, 2.45) is 0 Å². The van der Waals surface area contributed by atoms with Crippen LogP contribution in [0.5, 0.6) is 0 Å². The van der Waals surface area contributed by atoms with E-state index >= 15 is 0 Å². The zero-order valence-corrected chi connectivity index (χ0v) is 20.1. The molecule has 0 radical (unpaired) electrons. The molecule has 160 valence electrons. The predicted octanol–water partition coefficient (Wildman–Crippen LogP) is 5.60. The topological polar surface area (TPSA) is 54.3 Å². The van der Waals surface area contributed by atoms with Crippen LogP contribution in [0.1, 0.15) is 5.56 Å². The van der Waals surface area contributed by atoms with Gasteiger partial charge in [-0.05, 0) is 73.8 Å². The minimum absolute atomic E-state index is 0. The second-order valence-corrected chi connectivity index (χ2v) is 10.7. The van der Waals surface area contributed by atoms with Gasteiger partial charge in [-0.25, -0.2) is 8.42 Å². The fourth-order valence-electron chi connectivity index (χ4n) is 3.38. The number of benzene rings is 2. The molecule has 0 bridgehead atoms. The number of halogens is 2. The van der Waals surface area contributed by atoms with Crippen molar-refractivity contribution in [1.29, 1.82) is 0 Å². The molecular formula is C21H23Cl2N3O2S2. The van der Waals surface area contributed by atoms with E-state index in [1.807, 2.05) is 57.5 Å². The van der Waals surface area contributed by atoms with Crippen molar-refractivity contribution in [3.8, 4) is 0 Å². The van der Waals surface area contributed by atoms with E-state index in [4.69, 9.17) is 11.6 Å². The quantitative estimate of drug-likeness (QED) is 0.388. The monoisotopic (exact) mass is 483 g/mol. The van der Waals surface area contributed by atoms with Crippen molar-refractivity contribution in [1.82, 2.24) is 9.47 Å². The maximum Gasteiger partial charge on any atom is 0.271 e. The maximum atomic E-state index is 13.1. The number of anilines is 1. The first-order chi connectivity index (χ1) is 13.7. The van der Waals surface area contributed by atoms with Gasteiger partial charge in [-0.15, -0.1) is 23.7 Å². The summed E-state index contributed by atoms with van der Waals surface area (Å²) in [6, 6.07) is 13.1. The number of nitrogens with zero attached hydrogens (tertiary/aromatic N) is 2. The van der Waals surface area contributed by atoms with E-state index in [0.29, 0.717) is 14.9 Å². The summed E-state index contributed by atoms with van der Waals surface area (Å²) in [7, 11) is 0.366. The Morgan fingerprint density at radius 3 is 2.63 bits per heavy atom. The van der Waals surface area contributed by atoms with Crippen LogP contribution in [0.15, 0.2) is 52.9 Å². The Morgan fingerprint density at radius 1 is 1.13 bits per heavy atom. The average Bonchev–Trinajstić information content (AvgIpc) is 3.21. The molecule has 30 heavy (non-hydrogen) atoms. The number of rotatable bonds is 6. The van der Waals surface area contributed by atoms with Crippen molar-refractivity contribution in [3.63, 3.8) is 0 Å². The predicted molar refractivity (Wildman–Crippen MR) is 130 cm³/mol. The molecular weight excluding hydrogens is 461 g/mol. The molecule has 2 aromatic carbocycles. The Labute approximate surface area is 191 Å². The van der Waals surface area contributed by atoms with Gasteiger partial charge in [-0.3, -0.25) is 4.72 Å². The molecule has 0 unspecified atom stereocenters. The molecule has 0 spiro atoms. The summed E-state index contributed by atoms with van der Waals surface area (Å²) in [4.78, 5) is 2.12. The molecule has 0 saturated carbocycles. The number of fused-ring (bicyclic) bond motifs is 2. The highest BCUT2D eigenvalue weighted by Crippen LogP contribution is 2.36. The van der Waals surface area contributed by atoms with Crippen LogP contribution < -0.4 is 4.72 Å². The number of hydrogen-bond donors (Lipinski definition) is 1. The lowest BCUT2D eigenvalue weighted by atomic mass is 10.2. The standard InChI is InChI=1S/C21H22ClN3O2S2.ClH/c1-14-18-12-16(22)5-7-20(18)28-21(14)29(26,27)23-17-6-4-15-8-9-25(19(15)13-17)11-10-24(2)3;/h4-9,12-13,23H,10-11H2,1-3H3;1H. The first-order valence-electron chi connectivity index (χ1n) is 9.20. The number of hydrogen-bond acceptors (Lipinski definition) is 4. The third-order valence-electron chi connectivity index (χ3n) is 4.91. The molecule has 1 N–H and O–H groups in total. The van der Waals surface area contributed by atoms with E-state index < -0.39 is 10.0 Å². The molecule has 4 rings (SSSR count). The van der Waals surface area contributed by atoms with Gasteiger partial charge in [-0.2, -0.15) is 0 Å². The SMILES string of the molecule is Cc1c(S(=O)(=O)Nc2ccc3ccn(CCN(C)C)c3c2)sc2ccc(Cl)cc12.Cl. The molecule has 0 aliphatic carbocycles. The van der Waals surface area contributed by atoms with Gasteiger partial charge < -0.3 is 9.47 Å². The Morgan fingerprint density at radius 2 is 1.90 bits per heavy atom. The normalized spacial score (nSPS) is 11.9. The van der Waals surface area contributed by atoms with Crippen LogP contribution in [0.25, 0.3) is 21.0 Å². The second-order valence-electron chi connectivity index (χ2n) is 7.35. The Bertz CT molecular complexity index is 1310. The molecule has 5 nitrogen and oxygen atoms in total. The zero-order chi connectivity index (χ0) is 20.8. The molecule has 0 saturated heterocycles. The van der Waals surface area contributed by atoms with E-state index in [9.17, 15) is 8.42 Å². The second kappa shape index (κ2) is 8.77. The van der Waals surface area contributed by atoms with Gasteiger partial charge >= 0.3 is 0 Å². The summed E-state index contributed by atoms with van der Waals surface area (Å²) in [5, 5.41) is 2.55.